The van der Waals surface area contributed by atoms with Crippen molar-refractivity contribution >= 4 is 17.3 Å². The van der Waals surface area contributed by atoms with Crippen molar-refractivity contribution in [2.24, 2.45) is 0 Å². The van der Waals surface area contributed by atoms with Crippen molar-refractivity contribution < 1.29 is 5.11 Å². The van der Waals surface area contributed by atoms with Crippen LogP contribution in [0.15, 0.2) is 18.2 Å². The Morgan fingerprint density at radius 1 is 1.56 bits per heavy atom. The molecule has 1 aromatic carbocycles. The summed E-state index contributed by atoms with van der Waals surface area (Å²) >= 11 is 6.19. The molecule has 0 amide bonds. The molecule has 88 valence electrons. The molecule has 1 aliphatic rings. The van der Waals surface area contributed by atoms with E-state index in [1.807, 2.05) is 19.2 Å². The standard InChI is InChI=1S/C12H17ClN2O/c1-14-7-10-11(13)3-2-4-12(10)15-6-5-9(16)8-15/h2-4,9,14,16H,5-8H2,1H3. The molecule has 1 fully saturated rings. The summed E-state index contributed by atoms with van der Waals surface area (Å²) in [5.74, 6) is 0. The first-order valence-electron chi connectivity index (χ1n) is 5.57. The van der Waals surface area contributed by atoms with Crippen LogP contribution in [-0.2, 0) is 6.54 Å². The van der Waals surface area contributed by atoms with Crippen molar-refractivity contribution in [3.63, 3.8) is 0 Å². The van der Waals surface area contributed by atoms with Crippen molar-refractivity contribution in [3.8, 4) is 0 Å². The second kappa shape index (κ2) is 5.04. The monoisotopic (exact) mass is 240 g/mol. The van der Waals surface area contributed by atoms with E-state index in [1.54, 1.807) is 0 Å². The smallest absolute Gasteiger partial charge is 0.0731 e. The van der Waals surface area contributed by atoms with Gasteiger partial charge in [0.1, 0.15) is 0 Å². The van der Waals surface area contributed by atoms with Crippen LogP contribution in [0.4, 0.5) is 5.69 Å². The SMILES string of the molecule is CNCc1c(Cl)cccc1N1CCC(O)C1. The maximum absolute atomic E-state index is 9.56. The zero-order valence-electron chi connectivity index (χ0n) is 9.41. The van der Waals surface area contributed by atoms with Gasteiger partial charge in [0.15, 0.2) is 0 Å². The van der Waals surface area contributed by atoms with Gasteiger partial charge in [-0.15, -0.1) is 0 Å². The fraction of sp³-hybridized carbons (Fsp3) is 0.500. The molecule has 16 heavy (non-hydrogen) atoms. The Morgan fingerprint density at radius 2 is 2.38 bits per heavy atom. The van der Waals surface area contributed by atoms with Gasteiger partial charge in [0.25, 0.3) is 0 Å². The predicted molar refractivity (Wildman–Crippen MR) is 67.1 cm³/mol. The van der Waals surface area contributed by atoms with E-state index >= 15 is 0 Å². The molecule has 4 heteroatoms. The number of nitrogens with zero attached hydrogens (tertiary/aromatic N) is 1. The van der Waals surface area contributed by atoms with Crippen molar-refractivity contribution in [1.29, 1.82) is 0 Å². The van der Waals surface area contributed by atoms with E-state index in [9.17, 15) is 5.11 Å². The summed E-state index contributed by atoms with van der Waals surface area (Å²) in [6.45, 7) is 2.36. The number of benzene rings is 1. The number of anilines is 1. The largest absolute Gasteiger partial charge is 0.391 e. The van der Waals surface area contributed by atoms with Crippen LogP contribution in [0.2, 0.25) is 5.02 Å². The first kappa shape index (κ1) is 11.7. The Balaban J connectivity index is 2.28. The normalized spacial score (nSPS) is 20.4. The summed E-state index contributed by atoms with van der Waals surface area (Å²) < 4.78 is 0. The summed E-state index contributed by atoms with van der Waals surface area (Å²) in [5.41, 5.74) is 2.25. The zero-order chi connectivity index (χ0) is 11.5. The van der Waals surface area contributed by atoms with Gasteiger partial charge in [-0.2, -0.15) is 0 Å². The highest BCUT2D eigenvalue weighted by Gasteiger charge is 2.22. The number of hydrogen-bond acceptors (Lipinski definition) is 3. The van der Waals surface area contributed by atoms with Gasteiger partial charge in [-0.1, -0.05) is 17.7 Å². The van der Waals surface area contributed by atoms with Crippen LogP contribution in [0.3, 0.4) is 0 Å². The van der Waals surface area contributed by atoms with Crippen LogP contribution < -0.4 is 10.2 Å². The molecule has 1 aliphatic heterocycles. The average molecular weight is 241 g/mol. The molecular formula is C12H17ClN2O. The second-order valence-corrected chi connectivity index (χ2v) is 4.56. The lowest BCUT2D eigenvalue weighted by Gasteiger charge is -2.22. The summed E-state index contributed by atoms with van der Waals surface area (Å²) in [7, 11) is 1.91. The minimum atomic E-state index is -0.207. The van der Waals surface area contributed by atoms with E-state index in [0.29, 0.717) is 6.54 Å². The van der Waals surface area contributed by atoms with Gasteiger partial charge in [-0.05, 0) is 25.6 Å². The number of rotatable bonds is 3. The predicted octanol–water partition coefficient (Wildman–Crippen LogP) is 1.63. The summed E-state index contributed by atoms with van der Waals surface area (Å²) in [6, 6.07) is 5.93. The highest BCUT2D eigenvalue weighted by Crippen LogP contribution is 2.29. The number of aliphatic hydroxyl groups is 1. The molecule has 1 unspecified atom stereocenters. The molecule has 2 rings (SSSR count). The van der Waals surface area contributed by atoms with E-state index in [0.717, 1.165) is 35.8 Å². The van der Waals surface area contributed by atoms with Gasteiger partial charge >= 0.3 is 0 Å². The Hall–Kier alpha value is -0.770. The lowest BCUT2D eigenvalue weighted by Crippen LogP contribution is -2.23. The fourth-order valence-electron chi connectivity index (χ4n) is 2.16. The van der Waals surface area contributed by atoms with Gasteiger partial charge < -0.3 is 15.3 Å². The maximum atomic E-state index is 9.56. The van der Waals surface area contributed by atoms with Crippen LogP contribution >= 0.6 is 11.6 Å². The van der Waals surface area contributed by atoms with Gasteiger partial charge in [-0.25, -0.2) is 0 Å². The van der Waals surface area contributed by atoms with Crippen LogP contribution in [0.25, 0.3) is 0 Å². The lowest BCUT2D eigenvalue weighted by molar-refractivity contribution is 0.198. The van der Waals surface area contributed by atoms with Gasteiger partial charge in [0.05, 0.1) is 6.10 Å². The Labute approximate surface area is 101 Å². The second-order valence-electron chi connectivity index (χ2n) is 4.16. The molecule has 1 aromatic rings. The first-order chi connectivity index (χ1) is 7.72. The molecule has 0 spiro atoms. The Morgan fingerprint density at radius 3 is 3.00 bits per heavy atom. The molecule has 3 nitrogen and oxygen atoms in total. The van der Waals surface area contributed by atoms with Gasteiger partial charge in [0.2, 0.25) is 0 Å². The average Bonchev–Trinajstić information content (AvgIpc) is 2.68. The van der Waals surface area contributed by atoms with E-state index < -0.39 is 0 Å². The van der Waals surface area contributed by atoms with E-state index in [-0.39, 0.29) is 6.10 Å². The van der Waals surface area contributed by atoms with E-state index in [1.165, 1.54) is 0 Å². The summed E-state index contributed by atoms with van der Waals surface area (Å²) in [5, 5.41) is 13.5. The molecular weight excluding hydrogens is 224 g/mol. The number of hydrogen-bond donors (Lipinski definition) is 2. The number of nitrogens with one attached hydrogen (secondary N) is 1. The molecule has 0 saturated carbocycles. The van der Waals surface area contributed by atoms with Crippen molar-refractivity contribution in [2.45, 2.75) is 19.1 Å². The quantitative estimate of drug-likeness (QED) is 0.843. The van der Waals surface area contributed by atoms with Gasteiger partial charge in [-0.3, -0.25) is 0 Å². The summed E-state index contributed by atoms with van der Waals surface area (Å²) in [4.78, 5) is 2.20. The lowest BCUT2D eigenvalue weighted by atomic mass is 10.1. The van der Waals surface area contributed by atoms with Crippen LogP contribution in [0.5, 0.6) is 0 Å². The molecule has 1 atom stereocenters. The Kier molecular flexibility index (Phi) is 3.69. The Bertz CT molecular complexity index is 370. The maximum Gasteiger partial charge on any atom is 0.0731 e. The highest BCUT2D eigenvalue weighted by molar-refractivity contribution is 6.31. The van der Waals surface area contributed by atoms with E-state index in [4.69, 9.17) is 11.6 Å². The first-order valence-corrected chi connectivity index (χ1v) is 5.95. The molecule has 0 aromatic heterocycles. The zero-order valence-corrected chi connectivity index (χ0v) is 10.2. The number of aliphatic hydroxyl groups excluding tert-OH is 1. The van der Waals surface area contributed by atoms with Crippen LogP contribution in [0, 0.1) is 0 Å². The topological polar surface area (TPSA) is 35.5 Å². The third-order valence-electron chi connectivity index (χ3n) is 2.95. The van der Waals surface area contributed by atoms with Crippen molar-refractivity contribution in [3.05, 3.63) is 28.8 Å². The molecule has 0 bridgehead atoms. The molecule has 1 saturated heterocycles. The molecule has 0 aliphatic carbocycles. The third-order valence-corrected chi connectivity index (χ3v) is 3.31. The highest BCUT2D eigenvalue weighted by atomic mass is 35.5. The van der Waals surface area contributed by atoms with E-state index in [2.05, 4.69) is 16.3 Å². The molecule has 2 N–H and O–H groups in total. The third kappa shape index (κ3) is 2.32. The molecule has 1 heterocycles. The summed E-state index contributed by atoms with van der Waals surface area (Å²) in [6.07, 6.45) is 0.632. The number of β-amino-alcohol motifs (C(OH)–C–C–N with tert-alkyl or cyclic N) is 1. The van der Waals surface area contributed by atoms with Crippen molar-refractivity contribution in [1.82, 2.24) is 5.32 Å². The minimum Gasteiger partial charge on any atom is -0.391 e. The fourth-order valence-corrected chi connectivity index (χ4v) is 2.39. The molecule has 0 radical (unpaired) electrons. The van der Waals surface area contributed by atoms with Gasteiger partial charge in [0, 0.05) is 35.9 Å². The minimum absolute atomic E-state index is 0.207. The van der Waals surface area contributed by atoms with Crippen molar-refractivity contribution in [2.75, 3.05) is 25.0 Å². The van der Waals surface area contributed by atoms with Crippen LogP contribution in [0.1, 0.15) is 12.0 Å². The van der Waals surface area contributed by atoms with Crippen LogP contribution in [-0.4, -0.2) is 31.3 Å². The number of halogens is 1.